The molecule has 0 fully saturated rings. The predicted octanol–water partition coefficient (Wildman–Crippen LogP) is 5.09. The fourth-order valence-corrected chi connectivity index (χ4v) is 2.28. The van der Waals surface area contributed by atoms with Crippen LogP contribution in [-0.4, -0.2) is 5.94 Å². The first-order valence-corrected chi connectivity index (χ1v) is 7.10. The summed E-state index contributed by atoms with van der Waals surface area (Å²) in [5, 5.41) is 0.772. The maximum atomic E-state index is 5.96. The van der Waals surface area contributed by atoms with E-state index in [1.54, 1.807) is 11.8 Å². The number of ether oxygens (including phenoxy) is 1. The highest BCUT2D eigenvalue weighted by Gasteiger charge is 1.99. The number of thioether (sulfide) groups is 1. The van der Waals surface area contributed by atoms with Crippen LogP contribution in [0.2, 0.25) is 5.02 Å². The van der Waals surface area contributed by atoms with E-state index in [2.05, 4.69) is 31.2 Å². The minimum Gasteiger partial charge on any atom is -0.483 e. The molecule has 0 amide bonds. The van der Waals surface area contributed by atoms with Gasteiger partial charge in [0.2, 0.25) is 0 Å². The van der Waals surface area contributed by atoms with Gasteiger partial charge in [0.1, 0.15) is 11.7 Å². The summed E-state index contributed by atoms with van der Waals surface area (Å²) >= 11 is 7.64. The Balaban J connectivity index is 1.88. The quantitative estimate of drug-likeness (QED) is 0.569. The molecule has 0 aromatic heterocycles. The average molecular weight is 279 g/mol. The van der Waals surface area contributed by atoms with Gasteiger partial charge in [0.15, 0.2) is 0 Å². The first-order valence-electron chi connectivity index (χ1n) is 5.73. The zero-order valence-electron chi connectivity index (χ0n) is 10.4. The normalized spacial score (nSPS) is 10.4. The molecule has 2 aromatic carbocycles. The van der Waals surface area contributed by atoms with Crippen molar-refractivity contribution in [1.29, 1.82) is 0 Å². The molecule has 0 saturated heterocycles. The van der Waals surface area contributed by atoms with Crippen LogP contribution < -0.4 is 4.74 Å². The van der Waals surface area contributed by atoms with Gasteiger partial charge in [0.25, 0.3) is 0 Å². The summed E-state index contributed by atoms with van der Waals surface area (Å²) < 4.78 is 5.68. The highest BCUT2D eigenvalue weighted by atomic mass is 35.5. The first-order chi connectivity index (χ1) is 8.65. The van der Waals surface area contributed by atoms with Gasteiger partial charge in [-0.25, -0.2) is 0 Å². The number of rotatable bonds is 4. The third kappa shape index (κ3) is 3.69. The molecular formula is C15H15ClOS. The molecule has 94 valence electrons. The van der Waals surface area contributed by atoms with Crippen LogP contribution in [0.1, 0.15) is 11.1 Å². The van der Waals surface area contributed by atoms with Crippen LogP contribution in [0.15, 0.2) is 47.4 Å². The van der Waals surface area contributed by atoms with Gasteiger partial charge in [-0.3, -0.25) is 0 Å². The SMILES string of the molecule is Cc1ccc(SCOc2ccc(Cl)c(C)c2)cc1. The van der Waals surface area contributed by atoms with Crippen molar-refractivity contribution in [2.24, 2.45) is 0 Å². The van der Waals surface area contributed by atoms with Gasteiger partial charge in [-0.2, -0.15) is 0 Å². The first kappa shape index (κ1) is 13.3. The minimum atomic E-state index is 0.601. The number of halogens is 1. The molecule has 2 rings (SSSR count). The van der Waals surface area contributed by atoms with Gasteiger partial charge >= 0.3 is 0 Å². The lowest BCUT2D eigenvalue weighted by Gasteiger charge is -2.07. The van der Waals surface area contributed by atoms with Gasteiger partial charge < -0.3 is 4.74 Å². The molecule has 3 heteroatoms. The Bertz CT molecular complexity index is 523. The molecule has 0 heterocycles. The number of aryl methyl sites for hydroxylation is 2. The summed E-state index contributed by atoms with van der Waals surface area (Å²) in [4.78, 5) is 1.21. The van der Waals surface area contributed by atoms with Gasteiger partial charge in [-0.15, -0.1) is 0 Å². The molecule has 0 aliphatic carbocycles. The van der Waals surface area contributed by atoms with E-state index in [-0.39, 0.29) is 0 Å². The summed E-state index contributed by atoms with van der Waals surface area (Å²) in [6.45, 7) is 4.06. The van der Waals surface area contributed by atoms with E-state index in [1.165, 1.54) is 10.5 Å². The van der Waals surface area contributed by atoms with Crippen molar-refractivity contribution in [3.05, 3.63) is 58.6 Å². The van der Waals surface area contributed by atoms with E-state index in [1.807, 2.05) is 25.1 Å². The zero-order chi connectivity index (χ0) is 13.0. The van der Waals surface area contributed by atoms with E-state index in [4.69, 9.17) is 16.3 Å². The molecule has 0 aliphatic heterocycles. The Morgan fingerprint density at radius 1 is 1.06 bits per heavy atom. The lowest BCUT2D eigenvalue weighted by Crippen LogP contribution is -1.93. The van der Waals surface area contributed by atoms with Gasteiger partial charge in [0, 0.05) is 9.92 Å². The molecule has 0 unspecified atom stereocenters. The van der Waals surface area contributed by atoms with Crippen LogP contribution in [0, 0.1) is 13.8 Å². The summed E-state index contributed by atoms with van der Waals surface area (Å²) in [5.74, 6) is 1.46. The minimum absolute atomic E-state index is 0.601. The molecule has 0 N–H and O–H groups in total. The summed E-state index contributed by atoms with van der Waals surface area (Å²) in [6.07, 6.45) is 0. The highest BCUT2D eigenvalue weighted by molar-refractivity contribution is 7.99. The maximum absolute atomic E-state index is 5.96. The van der Waals surface area contributed by atoms with Crippen LogP contribution in [0.3, 0.4) is 0 Å². The second-order valence-corrected chi connectivity index (χ2v) is 5.53. The van der Waals surface area contributed by atoms with Crippen LogP contribution in [0.4, 0.5) is 0 Å². The van der Waals surface area contributed by atoms with Crippen molar-refractivity contribution in [2.75, 3.05) is 5.94 Å². The van der Waals surface area contributed by atoms with Crippen molar-refractivity contribution in [2.45, 2.75) is 18.7 Å². The summed E-state index contributed by atoms with van der Waals surface area (Å²) in [6, 6.07) is 14.1. The summed E-state index contributed by atoms with van der Waals surface area (Å²) in [7, 11) is 0. The molecule has 0 spiro atoms. The second kappa shape index (κ2) is 6.17. The van der Waals surface area contributed by atoms with Gasteiger partial charge in [-0.1, -0.05) is 41.1 Å². The molecule has 0 bridgehead atoms. The number of hydrogen-bond donors (Lipinski definition) is 0. The van der Waals surface area contributed by atoms with Crippen molar-refractivity contribution in [1.82, 2.24) is 0 Å². The molecule has 0 radical (unpaired) electrons. The monoisotopic (exact) mass is 278 g/mol. The van der Waals surface area contributed by atoms with E-state index >= 15 is 0 Å². The number of benzene rings is 2. The Labute approximate surface area is 117 Å². The Hall–Kier alpha value is -1.12. The topological polar surface area (TPSA) is 9.23 Å². The molecule has 2 aromatic rings. The van der Waals surface area contributed by atoms with E-state index in [9.17, 15) is 0 Å². The lowest BCUT2D eigenvalue weighted by atomic mass is 10.2. The Morgan fingerprint density at radius 3 is 2.44 bits per heavy atom. The smallest absolute Gasteiger partial charge is 0.138 e. The maximum Gasteiger partial charge on any atom is 0.138 e. The van der Waals surface area contributed by atoms with Crippen molar-refractivity contribution in [3.8, 4) is 5.75 Å². The Morgan fingerprint density at radius 2 is 1.78 bits per heavy atom. The molecular weight excluding hydrogens is 264 g/mol. The zero-order valence-corrected chi connectivity index (χ0v) is 12.0. The number of hydrogen-bond acceptors (Lipinski definition) is 2. The van der Waals surface area contributed by atoms with E-state index in [0.717, 1.165) is 16.3 Å². The third-order valence-electron chi connectivity index (χ3n) is 2.60. The van der Waals surface area contributed by atoms with E-state index in [0.29, 0.717) is 5.94 Å². The van der Waals surface area contributed by atoms with Crippen LogP contribution in [0.25, 0.3) is 0 Å². The van der Waals surface area contributed by atoms with E-state index < -0.39 is 0 Å². The third-order valence-corrected chi connectivity index (χ3v) is 3.87. The van der Waals surface area contributed by atoms with Gasteiger partial charge in [0.05, 0.1) is 0 Å². The standard InChI is InChI=1S/C15H15ClOS/c1-11-3-6-14(7-4-11)18-10-17-13-5-8-15(16)12(2)9-13/h3-9H,10H2,1-2H3. The van der Waals surface area contributed by atoms with Crippen LogP contribution in [-0.2, 0) is 0 Å². The van der Waals surface area contributed by atoms with Crippen molar-refractivity contribution >= 4 is 23.4 Å². The molecule has 0 aliphatic rings. The van der Waals surface area contributed by atoms with Crippen molar-refractivity contribution in [3.63, 3.8) is 0 Å². The largest absolute Gasteiger partial charge is 0.483 e. The molecule has 18 heavy (non-hydrogen) atoms. The summed E-state index contributed by atoms with van der Waals surface area (Å²) in [5.41, 5.74) is 2.31. The molecule has 0 atom stereocenters. The second-order valence-electron chi connectivity index (χ2n) is 4.13. The highest BCUT2D eigenvalue weighted by Crippen LogP contribution is 2.23. The van der Waals surface area contributed by atoms with Gasteiger partial charge in [-0.05, 0) is 49.7 Å². The molecule has 0 saturated carbocycles. The predicted molar refractivity (Wildman–Crippen MR) is 78.7 cm³/mol. The average Bonchev–Trinajstić information content (AvgIpc) is 2.36. The fraction of sp³-hybridized carbons (Fsp3) is 0.200. The van der Waals surface area contributed by atoms with Crippen LogP contribution in [0.5, 0.6) is 5.75 Å². The fourth-order valence-electron chi connectivity index (χ4n) is 1.51. The molecule has 1 nitrogen and oxygen atoms in total. The Kier molecular flexibility index (Phi) is 4.56. The lowest BCUT2D eigenvalue weighted by molar-refractivity contribution is 0.392. The van der Waals surface area contributed by atoms with Crippen molar-refractivity contribution < 1.29 is 4.74 Å². The van der Waals surface area contributed by atoms with Crippen LogP contribution >= 0.6 is 23.4 Å².